The zero-order chi connectivity index (χ0) is 9.14. The quantitative estimate of drug-likeness (QED) is 0.588. The van der Waals surface area contributed by atoms with Gasteiger partial charge in [-0.25, -0.2) is 0 Å². The molecule has 0 aliphatic heterocycles. The molecule has 0 radical (unpaired) electrons. The first-order valence-corrected chi connectivity index (χ1v) is 3.67. The van der Waals surface area contributed by atoms with Crippen molar-refractivity contribution in [3.8, 4) is 6.07 Å². The third-order valence-electron chi connectivity index (χ3n) is 1.67. The highest BCUT2D eigenvalue weighted by Crippen LogP contribution is 2.10. The van der Waals surface area contributed by atoms with Crippen molar-refractivity contribution in [3.05, 3.63) is 34.9 Å². The number of nitriles is 1. The van der Waals surface area contributed by atoms with Crippen molar-refractivity contribution in [2.75, 3.05) is 0 Å². The predicted molar refractivity (Wildman–Crippen MR) is 45.9 cm³/mol. The van der Waals surface area contributed by atoms with Crippen molar-refractivity contribution < 1.29 is 4.79 Å². The number of nitrogens with zero attached hydrogens (tertiary/aromatic N) is 1. The molecule has 0 spiro atoms. The van der Waals surface area contributed by atoms with E-state index >= 15 is 0 Å². The predicted octanol–water partition coefficient (Wildman–Crippen LogP) is 2.07. The van der Waals surface area contributed by atoms with Gasteiger partial charge >= 0.3 is 0 Å². The molecule has 0 amide bonds. The van der Waals surface area contributed by atoms with Crippen LogP contribution in [-0.2, 0) is 0 Å². The Morgan fingerprint density at radius 1 is 1.50 bits per heavy atom. The van der Waals surface area contributed by atoms with Crippen LogP contribution in [0.15, 0.2) is 18.2 Å². The van der Waals surface area contributed by atoms with Gasteiger partial charge in [-0.2, -0.15) is 5.26 Å². The molecule has 0 aliphatic carbocycles. The molecule has 2 nitrogen and oxygen atoms in total. The molecular weight excluding hydrogens is 150 g/mol. The minimum absolute atomic E-state index is 0.0634. The molecule has 0 fully saturated rings. The fourth-order valence-corrected chi connectivity index (χ4v) is 1.06. The topological polar surface area (TPSA) is 40.9 Å². The lowest BCUT2D eigenvalue weighted by molar-refractivity contribution is 0.101. The average molecular weight is 159 g/mol. The van der Waals surface area contributed by atoms with Gasteiger partial charge in [-0.15, -0.1) is 0 Å². The van der Waals surface area contributed by atoms with Crippen molar-refractivity contribution in [1.82, 2.24) is 0 Å². The van der Waals surface area contributed by atoms with Crippen molar-refractivity contribution in [2.45, 2.75) is 13.8 Å². The van der Waals surface area contributed by atoms with Gasteiger partial charge in [0.2, 0.25) is 0 Å². The summed E-state index contributed by atoms with van der Waals surface area (Å²) in [6.45, 7) is 3.36. The highest BCUT2D eigenvalue weighted by Gasteiger charge is 2.05. The SMILES string of the molecule is CC(=O)c1ccc(C)cc1C#N. The van der Waals surface area contributed by atoms with Crippen LogP contribution < -0.4 is 0 Å². The van der Waals surface area contributed by atoms with E-state index in [1.165, 1.54) is 6.92 Å². The lowest BCUT2D eigenvalue weighted by Gasteiger charge is -1.99. The van der Waals surface area contributed by atoms with Gasteiger partial charge in [0.15, 0.2) is 5.78 Å². The fourth-order valence-electron chi connectivity index (χ4n) is 1.06. The van der Waals surface area contributed by atoms with Crippen LogP contribution in [0.3, 0.4) is 0 Å². The lowest BCUT2D eigenvalue weighted by Crippen LogP contribution is -1.96. The molecule has 60 valence electrons. The molecule has 0 atom stereocenters. The third kappa shape index (κ3) is 1.51. The maximum atomic E-state index is 11.0. The summed E-state index contributed by atoms with van der Waals surface area (Å²) in [5.74, 6) is -0.0634. The standard InChI is InChI=1S/C10H9NO/c1-7-3-4-10(8(2)12)9(5-7)6-11/h3-5H,1-2H3. The summed E-state index contributed by atoms with van der Waals surface area (Å²) in [4.78, 5) is 11.0. The second-order valence-electron chi connectivity index (χ2n) is 2.72. The van der Waals surface area contributed by atoms with E-state index < -0.39 is 0 Å². The van der Waals surface area contributed by atoms with E-state index in [1.54, 1.807) is 12.1 Å². The molecule has 0 aliphatic rings. The van der Waals surface area contributed by atoms with E-state index in [4.69, 9.17) is 5.26 Å². The molecule has 0 N–H and O–H groups in total. The summed E-state index contributed by atoms with van der Waals surface area (Å²) in [5, 5.41) is 8.69. The maximum absolute atomic E-state index is 11.0. The Kier molecular flexibility index (Phi) is 2.25. The zero-order valence-electron chi connectivity index (χ0n) is 7.09. The Hall–Kier alpha value is -1.62. The molecule has 1 aromatic carbocycles. The number of rotatable bonds is 1. The number of hydrogen-bond acceptors (Lipinski definition) is 2. The smallest absolute Gasteiger partial charge is 0.161 e. The third-order valence-corrected chi connectivity index (χ3v) is 1.67. The monoisotopic (exact) mass is 159 g/mol. The van der Waals surface area contributed by atoms with Crippen molar-refractivity contribution in [1.29, 1.82) is 5.26 Å². The van der Waals surface area contributed by atoms with Gasteiger partial charge in [-0.3, -0.25) is 4.79 Å². The van der Waals surface area contributed by atoms with Crippen molar-refractivity contribution in [2.24, 2.45) is 0 Å². The second kappa shape index (κ2) is 3.19. The minimum atomic E-state index is -0.0634. The lowest BCUT2D eigenvalue weighted by atomic mass is 10.0. The van der Waals surface area contributed by atoms with Gasteiger partial charge in [0.25, 0.3) is 0 Å². The van der Waals surface area contributed by atoms with E-state index in [0.29, 0.717) is 11.1 Å². The van der Waals surface area contributed by atoms with E-state index in [-0.39, 0.29) is 5.78 Å². The summed E-state index contributed by atoms with van der Waals surface area (Å²) in [6.07, 6.45) is 0. The number of hydrogen-bond donors (Lipinski definition) is 0. The maximum Gasteiger partial charge on any atom is 0.161 e. The van der Waals surface area contributed by atoms with Crippen LogP contribution in [0.2, 0.25) is 0 Å². The van der Waals surface area contributed by atoms with Crippen LogP contribution in [-0.4, -0.2) is 5.78 Å². The average Bonchev–Trinajstić information content (AvgIpc) is 2.03. The number of Topliss-reactive ketones (excluding diaryl/α,β-unsaturated/α-hetero) is 1. The Labute approximate surface area is 71.4 Å². The molecule has 0 bridgehead atoms. The first-order chi connectivity index (χ1) is 5.65. The Morgan fingerprint density at radius 2 is 2.17 bits per heavy atom. The van der Waals surface area contributed by atoms with E-state index in [0.717, 1.165) is 5.56 Å². The molecule has 1 rings (SSSR count). The Bertz CT molecular complexity index is 361. The van der Waals surface area contributed by atoms with Gasteiger partial charge in [-0.1, -0.05) is 6.07 Å². The van der Waals surface area contributed by atoms with Crippen LogP contribution in [0.4, 0.5) is 0 Å². The molecule has 0 heterocycles. The summed E-state index contributed by atoms with van der Waals surface area (Å²) in [7, 11) is 0. The summed E-state index contributed by atoms with van der Waals surface area (Å²) >= 11 is 0. The molecule has 1 aromatic rings. The van der Waals surface area contributed by atoms with Gasteiger partial charge in [0.05, 0.1) is 11.6 Å². The molecule has 0 aromatic heterocycles. The Balaban J connectivity index is 3.32. The number of carbonyl (C=O) groups excluding carboxylic acids is 1. The normalized spacial score (nSPS) is 9.08. The van der Waals surface area contributed by atoms with Crippen molar-refractivity contribution >= 4 is 5.78 Å². The van der Waals surface area contributed by atoms with Crippen LogP contribution >= 0.6 is 0 Å². The molecule has 2 heteroatoms. The van der Waals surface area contributed by atoms with Crippen molar-refractivity contribution in [3.63, 3.8) is 0 Å². The summed E-state index contributed by atoms with van der Waals surface area (Å²) in [6, 6.07) is 7.24. The molecular formula is C10H9NO. The highest BCUT2D eigenvalue weighted by atomic mass is 16.1. The molecule has 0 unspecified atom stereocenters. The molecule has 0 saturated carbocycles. The van der Waals surface area contributed by atoms with E-state index in [2.05, 4.69) is 0 Å². The van der Waals surface area contributed by atoms with Gasteiger partial charge < -0.3 is 0 Å². The van der Waals surface area contributed by atoms with E-state index in [1.807, 2.05) is 19.1 Å². The highest BCUT2D eigenvalue weighted by molar-refractivity contribution is 5.96. The summed E-state index contributed by atoms with van der Waals surface area (Å²) in [5.41, 5.74) is 1.96. The molecule has 12 heavy (non-hydrogen) atoms. The first kappa shape index (κ1) is 8.48. The van der Waals surface area contributed by atoms with Crippen LogP contribution in [0.1, 0.15) is 28.4 Å². The van der Waals surface area contributed by atoms with E-state index in [9.17, 15) is 4.79 Å². The largest absolute Gasteiger partial charge is 0.294 e. The first-order valence-electron chi connectivity index (χ1n) is 3.67. The van der Waals surface area contributed by atoms with Crippen LogP contribution in [0, 0.1) is 18.3 Å². The van der Waals surface area contributed by atoms with Gasteiger partial charge in [-0.05, 0) is 31.5 Å². The summed E-state index contributed by atoms with van der Waals surface area (Å²) < 4.78 is 0. The number of ketones is 1. The Morgan fingerprint density at radius 3 is 2.67 bits per heavy atom. The number of aryl methyl sites for hydroxylation is 1. The van der Waals surface area contributed by atoms with Crippen LogP contribution in [0.5, 0.6) is 0 Å². The van der Waals surface area contributed by atoms with Gasteiger partial charge in [0.1, 0.15) is 0 Å². The zero-order valence-corrected chi connectivity index (χ0v) is 7.09. The van der Waals surface area contributed by atoms with Crippen LogP contribution in [0.25, 0.3) is 0 Å². The molecule has 0 saturated heterocycles. The number of carbonyl (C=O) groups is 1. The fraction of sp³-hybridized carbons (Fsp3) is 0.200. The van der Waals surface area contributed by atoms with Gasteiger partial charge in [0, 0.05) is 5.56 Å². The second-order valence-corrected chi connectivity index (χ2v) is 2.72. The minimum Gasteiger partial charge on any atom is -0.294 e. The number of benzene rings is 1.